The van der Waals surface area contributed by atoms with Gasteiger partial charge < -0.3 is 9.84 Å². The fourth-order valence-electron chi connectivity index (χ4n) is 1.60. The Morgan fingerprint density at radius 1 is 1.33 bits per heavy atom. The summed E-state index contributed by atoms with van der Waals surface area (Å²) in [5.41, 5.74) is -3.17. The van der Waals surface area contributed by atoms with E-state index in [1.54, 1.807) is 0 Å². The number of halogens is 4. The van der Waals surface area contributed by atoms with E-state index in [0.29, 0.717) is 0 Å². The van der Waals surface area contributed by atoms with Crippen molar-refractivity contribution < 1.29 is 27.8 Å². The molecule has 0 saturated heterocycles. The molecule has 0 spiro atoms. The smallest absolute Gasteiger partial charge is 0.422 e. The summed E-state index contributed by atoms with van der Waals surface area (Å²) < 4.78 is 43.8. The van der Waals surface area contributed by atoms with Gasteiger partial charge in [0.15, 0.2) is 5.60 Å². The predicted molar refractivity (Wildman–Crippen MR) is 58.4 cm³/mol. The minimum Gasteiger partial charge on any atom is -0.481 e. The van der Waals surface area contributed by atoms with Crippen molar-refractivity contribution in [1.82, 2.24) is 0 Å². The van der Waals surface area contributed by atoms with Crippen LogP contribution in [0.4, 0.5) is 13.2 Å². The largest absolute Gasteiger partial charge is 0.481 e. The Hall–Kier alpha value is -1.27. The fraction of sp³-hybridized carbons (Fsp3) is 0.364. The monoisotopic (exact) mass is 282 g/mol. The Morgan fingerprint density at radius 3 is 2.17 bits per heavy atom. The van der Waals surface area contributed by atoms with Gasteiger partial charge in [-0.05, 0) is 17.7 Å². The molecule has 0 aliphatic carbocycles. The summed E-state index contributed by atoms with van der Waals surface area (Å²) in [5.74, 6) is -1.61. The first kappa shape index (κ1) is 14.8. The average molecular weight is 283 g/mol. The molecule has 1 aromatic carbocycles. The van der Waals surface area contributed by atoms with Gasteiger partial charge >= 0.3 is 12.1 Å². The molecule has 0 bridgehead atoms. The van der Waals surface area contributed by atoms with Gasteiger partial charge in [0.1, 0.15) is 0 Å². The van der Waals surface area contributed by atoms with Gasteiger partial charge in [0.05, 0.1) is 6.42 Å². The van der Waals surface area contributed by atoms with Crippen LogP contribution >= 0.6 is 11.6 Å². The Kier molecular flexibility index (Phi) is 4.24. The van der Waals surface area contributed by atoms with E-state index in [1.807, 2.05) is 0 Å². The molecule has 1 N–H and O–H groups in total. The summed E-state index contributed by atoms with van der Waals surface area (Å²) in [6.45, 7) is 0. The van der Waals surface area contributed by atoms with Gasteiger partial charge in [-0.3, -0.25) is 4.79 Å². The number of alkyl halides is 3. The molecule has 1 aromatic rings. The molecular weight excluding hydrogens is 273 g/mol. The second-order valence-electron chi connectivity index (χ2n) is 3.61. The van der Waals surface area contributed by atoms with Crippen LogP contribution in [0.15, 0.2) is 24.3 Å². The number of aliphatic carboxylic acids is 1. The third kappa shape index (κ3) is 2.76. The summed E-state index contributed by atoms with van der Waals surface area (Å²) in [6.07, 6.45) is -6.07. The van der Waals surface area contributed by atoms with Crippen molar-refractivity contribution in [2.75, 3.05) is 7.11 Å². The van der Waals surface area contributed by atoms with Gasteiger partial charge in [0.2, 0.25) is 0 Å². The van der Waals surface area contributed by atoms with Crippen molar-refractivity contribution >= 4 is 17.6 Å². The van der Waals surface area contributed by atoms with E-state index in [4.69, 9.17) is 16.7 Å². The number of carboxylic acid groups (broad SMARTS) is 1. The van der Waals surface area contributed by atoms with Gasteiger partial charge in [-0.1, -0.05) is 23.7 Å². The van der Waals surface area contributed by atoms with Gasteiger partial charge in [-0.15, -0.1) is 0 Å². The zero-order chi connectivity index (χ0) is 14.0. The van der Waals surface area contributed by atoms with Crippen LogP contribution < -0.4 is 0 Å². The third-order valence-electron chi connectivity index (χ3n) is 2.52. The third-order valence-corrected chi connectivity index (χ3v) is 2.77. The van der Waals surface area contributed by atoms with Crippen LogP contribution in [-0.2, 0) is 15.1 Å². The average Bonchev–Trinajstić information content (AvgIpc) is 2.25. The summed E-state index contributed by atoms with van der Waals surface area (Å²) in [6, 6.07) is 4.70. The Morgan fingerprint density at radius 2 is 1.83 bits per heavy atom. The Bertz CT molecular complexity index is 430. The van der Waals surface area contributed by atoms with Crippen LogP contribution in [0.1, 0.15) is 12.0 Å². The first-order valence-corrected chi connectivity index (χ1v) is 5.20. The summed E-state index contributed by atoms with van der Waals surface area (Å²) >= 11 is 5.59. The highest BCUT2D eigenvalue weighted by molar-refractivity contribution is 6.30. The maximum atomic E-state index is 13.1. The van der Waals surface area contributed by atoms with E-state index in [0.717, 1.165) is 19.2 Å². The summed E-state index contributed by atoms with van der Waals surface area (Å²) in [7, 11) is 0.824. The van der Waals surface area contributed by atoms with E-state index >= 15 is 0 Å². The zero-order valence-electron chi connectivity index (χ0n) is 9.29. The van der Waals surface area contributed by atoms with E-state index in [9.17, 15) is 18.0 Å². The lowest BCUT2D eigenvalue weighted by molar-refractivity contribution is -0.279. The number of hydrogen-bond acceptors (Lipinski definition) is 2. The van der Waals surface area contributed by atoms with Crippen LogP contribution in [0.3, 0.4) is 0 Å². The number of carbonyl (C=O) groups is 1. The Balaban J connectivity index is 3.34. The molecule has 0 amide bonds. The van der Waals surface area contributed by atoms with Crippen LogP contribution in [-0.4, -0.2) is 24.4 Å². The molecule has 1 atom stereocenters. The van der Waals surface area contributed by atoms with Crippen molar-refractivity contribution in [2.24, 2.45) is 0 Å². The Labute approximate surface area is 106 Å². The molecule has 0 saturated carbocycles. The molecule has 0 aliphatic heterocycles. The van der Waals surface area contributed by atoms with E-state index in [-0.39, 0.29) is 10.6 Å². The minimum atomic E-state index is -4.85. The van der Waals surface area contributed by atoms with Gasteiger partial charge in [0.25, 0.3) is 0 Å². The van der Waals surface area contributed by atoms with E-state index in [1.165, 1.54) is 12.1 Å². The number of benzene rings is 1. The lowest BCUT2D eigenvalue weighted by Gasteiger charge is -2.33. The molecule has 0 heterocycles. The summed E-state index contributed by atoms with van der Waals surface area (Å²) in [5, 5.41) is 8.90. The molecule has 0 aliphatic rings. The van der Waals surface area contributed by atoms with E-state index in [2.05, 4.69) is 4.74 Å². The second kappa shape index (κ2) is 5.16. The maximum absolute atomic E-state index is 13.1. The molecule has 100 valence electrons. The quantitative estimate of drug-likeness (QED) is 0.922. The molecule has 0 fully saturated rings. The highest BCUT2D eigenvalue weighted by Gasteiger charge is 2.58. The number of ether oxygens (including phenoxy) is 1. The predicted octanol–water partition coefficient (Wildman–Crippen LogP) is 3.22. The maximum Gasteiger partial charge on any atom is 0.422 e. The van der Waals surface area contributed by atoms with Crippen molar-refractivity contribution in [2.45, 2.75) is 18.2 Å². The standard InChI is InChI=1S/C11H10ClF3O3/c1-18-10(6-9(16)17,11(13,14)15)7-2-4-8(12)5-3-7/h2-5H,6H2,1H3,(H,16,17). The van der Waals surface area contributed by atoms with Crippen LogP contribution in [0.2, 0.25) is 5.02 Å². The lowest BCUT2D eigenvalue weighted by Crippen LogP contribution is -2.45. The highest BCUT2D eigenvalue weighted by atomic mass is 35.5. The molecule has 0 radical (unpaired) electrons. The normalized spacial score (nSPS) is 15.2. The zero-order valence-corrected chi connectivity index (χ0v) is 10.0. The molecular formula is C11H10ClF3O3. The van der Waals surface area contributed by atoms with Crippen LogP contribution in [0, 0.1) is 0 Å². The molecule has 3 nitrogen and oxygen atoms in total. The first-order valence-electron chi connectivity index (χ1n) is 4.82. The highest BCUT2D eigenvalue weighted by Crippen LogP contribution is 2.44. The second-order valence-corrected chi connectivity index (χ2v) is 4.04. The summed E-state index contributed by atoms with van der Waals surface area (Å²) in [4.78, 5) is 10.7. The minimum absolute atomic E-state index is 0.251. The molecule has 18 heavy (non-hydrogen) atoms. The van der Waals surface area contributed by atoms with Gasteiger partial charge in [0, 0.05) is 12.1 Å². The van der Waals surface area contributed by atoms with Gasteiger partial charge in [-0.25, -0.2) is 0 Å². The van der Waals surface area contributed by atoms with E-state index < -0.39 is 24.2 Å². The lowest BCUT2D eigenvalue weighted by atomic mass is 9.89. The molecule has 1 unspecified atom stereocenters. The molecule has 1 rings (SSSR count). The van der Waals surface area contributed by atoms with Crippen molar-refractivity contribution in [3.05, 3.63) is 34.9 Å². The van der Waals surface area contributed by atoms with Gasteiger partial charge in [-0.2, -0.15) is 13.2 Å². The van der Waals surface area contributed by atoms with Crippen molar-refractivity contribution in [1.29, 1.82) is 0 Å². The number of carboxylic acids is 1. The number of rotatable bonds is 4. The van der Waals surface area contributed by atoms with Crippen LogP contribution in [0.5, 0.6) is 0 Å². The van der Waals surface area contributed by atoms with Crippen molar-refractivity contribution in [3.63, 3.8) is 0 Å². The number of methoxy groups -OCH3 is 1. The topological polar surface area (TPSA) is 46.5 Å². The fourth-order valence-corrected chi connectivity index (χ4v) is 1.73. The number of hydrogen-bond donors (Lipinski definition) is 1. The molecule has 7 heteroatoms. The first-order chi connectivity index (χ1) is 8.23. The SMILES string of the molecule is COC(CC(=O)O)(c1ccc(Cl)cc1)C(F)(F)F. The van der Waals surface area contributed by atoms with Crippen LogP contribution in [0.25, 0.3) is 0 Å². The molecule has 0 aromatic heterocycles. The van der Waals surface area contributed by atoms with Crippen molar-refractivity contribution in [3.8, 4) is 0 Å².